The Balaban J connectivity index is 0.000000155. The van der Waals surface area contributed by atoms with Crippen molar-refractivity contribution in [3.63, 3.8) is 0 Å². The van der Waals surface area contributed by atoms with Crippen molar-refractivity contribution >= 4 is 116 Å². The fourth-order valence-corrected chi connectivity index (χ4v) is 9.90. The fourth-order valence-electron chi connectivity index (χ4n) is 8.69. The zero-order valence-corrected chi connectivity index (χ0v) is 44.4. The van der Waals surface area contributed by atoms with Gasteiger partial charge in [-0.25, -0.2) is 9.37 Å². The van der Waals surface area contributed by atoms with Crippen molar-refractivity contribution in [2.24, 2.45) is 0 Å². The van der Waals surface area contributed by atoms with Gasteiger partial charge in [0.05, 0.1) is 11.4 Å². The molecule has 6 heterocycles. The molecule has 3 aromatic heterocycles. The Labute approximate surface area is 461 Å². The predicted molar refractivity (Wildman–Crippen MR) is 286 cm³/mol. The molecule has 0 unspecified atom stereocenters. The number of oxazole rings is 1. The first-order valence-corrected chi connectivity index (χ1v) is 26.1. The molecule has 3 N–H and O–H groups in total. The van der Waals surface area contributed by atoms with Gasteiger partial charge in [0.25, 0.3) is 5.91 Å². The number of aryl methyl sites for hydroxylation is 2. The Morgan fingerprint density at radius 3 is 1.55 bits per heavy atom. The SMILES string of the molecule is CCCc1cc(NC(=O)[C@@H]2CCC(=O)N2c2ccc(Cl)cc2)on1.Cc1sc(NC(=O)[C@@H]2CCC(=O)N2c2ccc(Cl)cc2)nc1-c1ccc(F)cc1.O=C(Nc1nc(C(F)(F)F)co1)[C@@H]1CCC(=O)N1c1ccc(Cl)cc1. The number of nitrogens with one attached hydrogen (secondary N) is 3. The van der Waals surface area contributed by atoms with Gasteiger partial charge in [-0.15, -0.1) is 11.3 Å². The summed E-state index contributed by atoms with van der Waals surface area (Å²) in [5.74, 6) is -1.72. The van der Waals surface area contributed by atoms with Gasteiger partial charge < -0.3 is 14.3 Å². The molecule has 10 rings (SSSR count). The first-order chi connectivity index (χ1) is 37.3. The van der Waals surface area contributed by atoms with Crippen molar-refractivity contribution in [3.8, 4) is 11.3 Å². The number of hydrogen-bond donors (Lipinski definition) is 3. The van der Waals surface area contributed by atoms with E-state index in [0.717, 1.165) is 29.0 Å². The minimum absolute atomic E-state index is 0.0817. The smallest absolute Gasteiger partial charge is 0.431 e. The number of hydrogen-bond acceptors (Lipinski definition) is 12. The number of alkyl halides is 3. The monoisotopic (exact) mass is 1150 g/mol. The second kappa shape index (κ2) is 24.8. The van der Waals surface area contributed by atoms with Crippen molar-refractivity contribution < 1.29 is 55.3 Å². The van der Waals surface area contributed by atoms with Crippen LogP contribution in [0.3, 0.4) is 0 Å². The quantitative estimate of drug-likeness (QED) is 0.0979. The minimum atomic E-state index is -4.68. The number of nitrogens with zero attached hydrogens (tertiary/aromatic N) is 6. The van der Waals surface area contributed by atoms with Crippen molar-refractivity contribution in [1.29, 1.82) is 0 Å². The zero-order valence-electron chi connectivity index (χ0n) is 41.3. The first-order valence-electron chi connectivity index (χ1n) is 24.1. The van der Waals surface area contributed by atoms with Gasteiger partial charge >= 0.3 is 12.2 Å². The molecule has 6 amide bonds. The molecule has 3 aliphatic rings. The van der Waals surface area contributed by atoms with Crippen LogP contribution in [0.15, 0.2) is 118 Å². The lowest BCUT2D eigenvalue weighted by molar-refractivity contribution is -0.141. The molecule has 0 aliphatic carbocycles. The summed E-state index contributed by atoms with van der Waals surface area (Å²) in [4.78, 5) is 87.3. The summed E-state index contributed by atoms with van der Waals surface area (Å²) in [5, 5.41) is 13.7. The standard InChI is InChI=1S/C21H17ClFN3O2S.C17H18ClN3O3.C15H11ClF3N3O3/c1-12-19(13-2-6-15(23)7-3-13)24-21(29-12)25-20(28)17-10-11-18(27)26(17)16-8-4-14(22)5-9-16;1-2-3-12-10-15(24-20-12)19-17(23)14-8-9-16(22)21(14)13-6-4-11(18)5-7-13;16-8-1-3-9(4-2-8)22-10(5-6-12(22)23)13(24)21-14-20-11(7-25-14)15(17,18)19/h2-9,17H,10-11H2,1H3,(H,24,25,28);4-7,10,14H,2-3,8-9H2,1H3,(H,19,23);1-4,7,10H,5-6H2,(H,20,21,24)/t17-;14-;10-/m000/s1. The predicted octanol–water partition coefficient (Wildman–Crippen LogP) is 11.9. The van der Waals surface area contributed by atoms with Gasteiger partial charge in [0.15, 0.2) is 10.8 Å². The van der Waals surface area contributed by atoms with Gasteiger partial charge in [0.1, 0.15) is 30.2 Å². The third-order valence-corrected chi connectivity index (χ3v) is 14.0. The third kappa shape index (κ3) is 13.7. The molecule has 3 aliphatic heterocycles. The molecule has 0 bridgehead atoms. The van der Waals surface area contributed by atoms with E-state index in [9.17, 15) is 46.3 Å². The molecule has 78 heavy (non-hydrogen) atoms. The molecule has 0 spiro atoms. The summed E-state index contributed by atoms with van der Waals surface area (Å²) in [5.41, 5.74) is 2.78. The molecule has 25 heteroatoms. The van der Waals surface area contributed by atoms with Crippen LogP contribution in [0, 0.1) is 12.7 Å². The average Bonchev–Trinajstić information content (AvgIpc) is 4.33. The molecule has 4 aromatic carbocycles. The number of benzene rings is 4. The van der Waals surface area contributed by atoms with Crippen molar-refractivity contribution in [1.82, 2.24) is 15.1 Å². The number of halogens is 7. The molecular weight excluding hydrogens is 1110 g/mol. The maximum absolute atomic E-state index is 13.2. The van der Waals surface area contributed by atoms with Gasteiger partial charge in [-0.3, -0.25) is 54.1 Å². The molecule has 7 aromatic rings. The van der Waals surface area contributed by atoms with Gasteiger partial charge in [-0.1, -0.05) is 53.3 Å². The summed E-state index contributed by atoms with van der Waals surface area (Å²) in [6, 6.07) is 25.1. The molecular formula is C53H46Cl3F4N9O8S. The summed E-state index contributed by atoms with van der Waals surface area (Å²) >= 11 is 19.0. The van der Waals surface area contributed by atoms with Gasteiger partial charge in [0, 0.05) is 67.9 Å². The van der Waals surface area contributed by atoms with Gasteiger partial charge in [-0.05, 0) is 130 Å². The average molecular weight is 1150 g/mol. The van der Waals surface area contributed by atoms with Crippen LogP contribution in [-0.4, -0.2) is 68.7 Å². The maximum atomic E-state index is 13.2. The highest BCUT2D eigenvalue weighted by Gasteiger charge is 2.41. The van der Waals surface area contributed by atoms with E-state index < -0.39 is 41.9 Å². The largest absolute Gasteiger partial charge is 0.436 e. The lowest BCUT2D eigenvalue weighted by atomic mass is 10.1. The molecule has 0 radical (unpaired) electrons. The van der Waals surface area contributed by atoms with Gasteiger partial charge in [0.2, 0.25) is 35.4 Å². The molecule has 0 saturated carbocycles. The molecule has 3 saturated heterocycles. The topological polar surface area (TPSA) is 213 Å². The van der Waals surface area contributed by atoms with Crippen LogP contribution < -0.4 is 30.7 Å². The van der Waals surface area contributed by atoms with E-state index in [1.807, 2.05) is 13.8 Å². The molecule has 406 valence electrons. The van der Waals surface area contributed by atoms with Gasteiger partial charge in [-0.2, -0.15) is 18.2 Å². The van der Waals surface area contributed by atoms with Crippen molar-refractivity contribution in [2.75, 3.05) is 30.7 Å². The highest BCUT2D eigenvalue weighted by Crippen LogP contribution is 2.35. The highest BCUT2D eigenvalue weighted by atomic mass is 35.5. The van der Waals surface area contributed by atoms with Crippen LogP contribution in [0.25, 0.3) is 11.3 Å². The Morgan fingerprint density at radius 2 is 1.12 bits per heavy atom. The number of amides is 6. The number of aromatic nitrogens is 3. The van der Waals surface area contributed by atoms with E-state index in [1.165, 1.54) is 38.2 Å². The van der Waals surface area contributed by atoms with Crippen molar-refractivity contribution in [3.05, 3.63) is 147 Å². The minimum Gasteiger partial charge on any atom is -0.431 e. The fraction of sp³-hybridized carbons (Fsp3) is 0.264. The maximum Gasteiger partial charge on any atom is 0.436 e. The number of anilines is 6. The first kappa shape index (κ1) is 56.5. The van der Waals surface area contributed by atoms with Crippen LogP contribution >= 0.6 is 46.1 Å². The van der Waals surface area contributed by atoms with E-state index in [1.54, 1.807) is 91.0 Å². The Morgan fingerprint density at radius 1 is 0.667 bits per heavy atom. The van der Waals surface area contributed by atoms with Crippen molar-refractivity contribution in [2.45, 2.75) is 89.5 Å². The third-order valence-electron chi connectivity index (χ3n) is 12.3. The van der Waals surface area contributed by atoms with Crippen LogP contribution in [0.2, 0.25) is 15.1 Å². The lowest BCUT2D eigenvalue weighted by Gasteiger charge is -2.23. The summed E-state index contributed by atoms with van der Waals surface area (Å²) in [6.45, 7) is 3.94. The summed E-state index contributed by atoms with van der Waals surface area (Å²) in [7, 11) is 0. The van der Waals surface area contributed by atoms with E-state index in [4.69, 9.17) is 39.3 Å². The summed E-state index contributed by atoms with van der Waals surface area (Å²) < 4.78 is 60.4. The zero-order chi connectivity index (χ0) is 55.8. The molecule has 17 nitrogen and oxygen atoms in total. The Kier molecular flexibility index (Phi) is 18.0. The normalized spacial score (nSPS) is 17.1. The number of carbonyl (C=O) groups excluding carboxylic acids is 6. The van der Waals surface area contributed by atoms with Crippen LogP contribution in [0.5, 0.6) is 0 Å². The van der Waals surface area contributed by atoms with E-state index in [-0.39, 0.29) is 48.2 Å². The van der Waals surface area contributed by atoms with E-state index in [0.29, 0.717) is 80.8 Å². The molecule has 3 atom stereocenters. The second-order valence-electron chi connectivity index (χ2n) is 17.8. The number of rotatable bonds is 12. The Bertz CT molecular complexity index is 3300. The highest BCUT2D eigenvalue weighted by molar-refractivity contribution is 7.16. The number of carbonyl (C=O) groups is 6. The Hall–Kier alpha value is -7.66. The molecule has 3 fully saturated rings. The lowest BCUT2D eigenvalue weighted by Crippen LogP contribution is -2.41. The van der Waals surface area contributed by atoms with Crippen LogP contribution in [-0.2, 0) is 41.4 Å². The van der Waals surface area contributed by atoms with Crippen LogP contribution in [0.1, 0.15) is 68.1 Å². The van der Waals surface area contributed by atoms with Crippen LogP contribution in [0.4, 0.5) is 51.7 Å². The number of thiazole rings is 1. The summed E-state index contributed by atoms with van der Waals surface area (Å²) in [6.07, 6.45) is -0.639. The van der Waals surface area contributed by atoms with E-state index in [2.05, 4.69) is 35.5 Å². The van der Waals surface area contributed by atoms with E-state index >= 15 is 0 Å². The second-order valence-corrected chi connectivity index (χ2v) is 20.3.